The third-order valence-corrected chi connectivity index (χ3v) is 3.50. The molecule has 0 aliphatic heterocycles. The lowest BCUT2D eigenvalue weighted by atomic mass is 10.00. The first-order valence-corrected chi connectivity index (χ1v) is 6.88. The van der Waals surface area contributed by atoms with E-state index in [4.69, 9.17) is 11.6 Å². The molecule has 0 saturated carbocycles. The third kappa shape index (κ3) is 3.55. The predicted molar refractivity (Wildman–Crippen MR) is 78.9 cm³/mol. The quantitative estimate of drug-likeness (QED) is 0.919. The number of rotatable bonds is 4. The molecule has 0 saturated heterocycles. The highest BCUT2D eigenvalue weighted by Gasteiger charge is 2.11. The van der Waals surface area contributed by atoms with Crippen molar-refractivity contribution in [3.05, 3.63) is 63.3 Å². The van der Waals surface area contributed by atoms with Gasteiger partial charge in [-0.25, -0.2) is 0 Å². The lowest BCUT2D eigenvalue weighted by Crippen LogP contribution is -2.18. The molecule has 4 heteroatoms. The minimum Gasteiger partial charge on any atom is -0.313 e. The van der Waals surface area contributed by atoms with Crippen molar-refractivity contribution in [3.63, 3.8) is 0 Å². The van der Waals surface area contributed by atoms with Crippen LogP contribution < -0.4 is 5.32 Å². The van der Waals surface area contributed by atoms with Crippen LogP contribution in [0.2, 0.25) is 5.02 Å². The first-order valence-electron chi connectivity index (χ1n) is 5.71. The van der Waals surface area contributed by atoms with Crippen LogP contribution in [0.3, 0.4) is 0 Å². The molecule has 1 aromatic carbocycles. The number of benzene rings is 1. The number of likely N-dealkylation sites (N-methyl/N-ethyl adjacent to an activating group) is 1. The van der Waals surface area contributed by atoms with Gasteiger partial charge in [0.2, 0.25) is 0 Å². The number of hydrogen-bond acceptors (Lipinski definition) is 2. The highest BCUT2D eigenvalue weighted by Crippen LogP contribution is 2.25. The Morgan fingerprint density at radius 1 is 1.28 bits per heavy atom. The Morgan fingerprint density at radius 2 is 2.00 bits per heavy atom. The third-order valence-electron chi connectivity index (χ3n) is 2.82. The summed E-state index contributed by atoms with van der Waals surface area (Å²) < 4.78 is 1.000. The zero-order chi connectivity index (χ0) is 13.0. The van der Waals surface area contributed by atoms with Gasteiger partial charge in [0, 0.05) is 27.9 Å². The number of aromatic nitrogens is 1. The molecule has 0 amide bonds. The number of nitrogens with one attached hydrogen (secondary N) is 1. The van der Waals surface area contributed by atoms with Crippen LogP contribution in [0.1, 0.15) is 17.2 Å². The molecular weight excluding hydrogens is 312 g/mol. The summed E-state index contributed by atoms with van der Waals surface area (Å²) in [7, 11) is 1.96. The molecule has 0 spiro atoms. The Bertz CT molecular complexity index is 496. The van der Waals surface area contributed by atoms with E-state index in [-0.39, 0.29) is 6.04 Å². The predicted octanol–water partition coefficient (Wildman–Crippen LogP) is 4.00. The second-order valence-corrected chi connectivity index (χ2v) is 5.46. The van der Waals surface area contributed by atoms with Gasteiger partial charge in [-0.15, -0.1) is 0 Å². The van der Waals surface area contributed by atoms with Crippen LogP contribution in [0.15, 0.2) is 47.2 Å². The fraction of sp³-hybridized carbons (Fsp3) is 0.214. The Hall–Kier alpha value is -0.900. The van der Waals surface area contributed by atoms with Gasteiger partial charge < -0.3 is 5.32 Å². The van der Waals surface area contributed by atoms with E-state index in [2.05, 4.69) is 32.3 Å². The van der Waals surface area contributed by atoms with Crippen LogP contribution in [0.5, 0.6) is 0 Å². The minimum atomic E-state index is 0.238. The van der Waals surface area contributed by atoms with E-state index in [1.54, 1.807) is 0 Å². The molecule has 94 valence electrons. The molecule has 18 heavy (non-hydrogen) atoms. The maximum atomic E-state index is 6.09. The van der Waals surface area contributed by atoms with Crippen LogP contribution in [0, 0.1) is 0 Å². The second kappa shape index (κ2) is 6.32. The van der Waals surface area contributed by atoms with Crippen molar-refractivity contribution in [1.82, 2.24) is 10.3 Å². The molecule has 0 aliphatic carbocycles. The van der Waals surface area contributed by atoms with E-state index >= 15 is 0 Å². The normalized spacial score (nSPS) is 12.4. The first-order chi connectivity index (χ1) is 8.69. The summed E-state index contributed by atoms with van der Waals surface area (Å²) in [6.07, 6.45) is 4.54. The molecule has 2 rings (SSSR count). The summed E-state index contributed by atoms with van der Waals surface area (Å²) in [6.45, 7) is 0. The van der Waals surface area contributed by atoms with Crippen molar-refractivity contribution >= 4 is 27.5 Å². The molecule has 1 heterocycles. The van der Waals surface area contributed by atoms with Crippen molar-refractivity contribution in [2.45, 2.75) is 12.5 Å². The summed E-state index contributed by atoms with van der Waals surface area (Å²) in [5.41, 5.74) is 2.43. The van der Waals surface area contributed by atoms with Crippen molar-refractivity contribution in [1.29, 1.82) is 0 Å². The standard InChI is InChI=1S/C14H14BrClN2/c1-17-14(6-10-2-4-18-5-3-10)11-7-12(15)9-13(16)8-11/h2-5,7-9,14,17H,6H2,1H3. The van der Waals surface area contributed by atoms with Crippen molar-refractivity contribution < 1.29 is 0 Å². The molecular formula is C14H14BrClN2. The topological polar surface area (TPSA) is 24.9 Å². The summed E-state index contributed by atoms with van der Waals surface area (Å²) in [5.74, 6) is 0. The molecule has 0 bridgehead atoms. The van der Waals surface area contributed by atoms with Gasteiger partial charge in [-0.1, -0.05) is 27.5 Å². The monoisotopic (exact) mass is 324 g/mol. The largest absolute Gasteiger partial charge is 0.313 e. The highest BCUT2D eigenvalue weighted by molar-refractivity contribution is 9.10. The lowest BCUT2D eigenvalue weighted by molar-refractivity contribution is 0.591. The molecule has 1 unspecified atom stereocenters. The summed E-state index contributed by atoms with van der Waals surface area (Å²) in [5, 5.41) is 4.07. The van der Waals surface area contributed by atoms with E-state index in [1.807, 2.05) is 43.7 Å². The Kier molecular flexibility index (Phi) is 4.75. The second-order valence-electron chi connectivity index (χ2n) is 4.10. The van der Waals surface area contributed by atoms with E-state index in [0.29, 0.717) is 0 Å². The van der Waals surface area contributed by atoms with Crippen LogP contribution in [0.25, 0.3) is 0 Å². The van der Waals surface area contributed by atoms with Gasteiger partial charge in [-0.3, -0.25) is 4.98 Å². The van der Waals surface area contributed by atoms with Gasteiger partial charge in [-0.05, 0) is 54.9 Å². The summed E-state index contributed by atoms with van der Waals surface area (Å²) >= 11 is 9.56. The molecule has 1 atom stereocenters. The van der Waals surface area contributed by atoms with Gasteiger partial charge >= 0.3 is 0 Å². The molecule has 2 aromatic rings. The van der Waals surface area contributed by atoms with E-state index < -0.39 is 0 Å². The van der Waals surface area contributed by atoms with Crippen molar-refractivity contribution in [3.8, 4) is 0 Å². The van der Waals surface area contributed by atoms with Crippen molar-refractivity contribution in [2.24, 2.45) is 0 Å². The Balaban J connectivity index is 2.23. The number of nitrogens with zero attached hydrogens (tertiary/aromatic N) is 1. The van der Waals surface area contributed by atoms with Gasteiger partial charge in [0.1, 0.15) is 0 Å². The number of pyridine rings is 1. The smallest absolute Gasteiger partial charge is 0.0420 e. The van der Waals surface area contributed by atoms with Gasteiger partial charge in [-0.2, -0.15) is 0 Å². The maximum absolute atomic E-state index is 6.09. The molecule has 1 N–H and O–H groups in total. The van der Waals surface area contributed by atoms with Gasteiger partial charge in [0.05, 0.1) is 0 Å². The van der Waals surface area contributed by atoms with Gasteiger partial charge in [0.15, 0.2) is 0 Å². The van der Waals surface area contributed by atoms with E-state index in [1.165, 1.54) is 11.1 Å². The minimum absolute atomic E-state index is 0.238. The fourth-order valence-corrected chi connectivity index (χ4v) is 2.80. The van der Waals surface area contributed by atoms with Crippen LogP contribution in [0.4, 0.5) is 0 Å². The first kappa shape index (κ1) is 13.5. The van der Waals surface area contributed by atoms with Gasteiger partial charge in [0.25, 0.3) is 0 Å². The van der Waals surface area contributed by atoms with E-state index in [9.17, 15) is 0 Å². The molecule has 1 aromatic heterocycles. The van der Waals surface area contributed by atoms with E-state index in [0.717, 1.165) is 15.9 Å². The lowest BCUT2D eigenvalue weighted by Gasteiger charge is -2.17. The zero-order valence-electron chi connectivity index (χ0n) is 10.0. The zero-order valence-corrected chi connectivity index (χ0v) is 12.4. The molecule has 0 aliphatic rings. The highest BCUT2D eigenvalue weighted by atomic mass is 79.9. The van der Waals surface area contributed by atoms with Crippen LogP contribution in [-0.4, -0.2) is 12.0 Å². The average molecular weight is 326 g/mol. The number of halogens is 2. The average Bonchev–Trinajstić information content (AvgIpc) is 2.36. The van der Waals surface area contributed by atoms with Crippen molar-refractivity contribution in [2.75, 3.05) is 7.05 Å². The molecule has 2 nitrogen and oxygen atoms in total. The summed E-state index contributed by atoms with van der Waals surface area (Å²) in [6, 6.07) is 10.3. The SMILES string of the molecule is CNC(Cc1ccncc1)c1cc(Cl)cc(Br)c1. The summed E-state index contributed by atoms with van der Waals surface area (Å²) in [4.78, 5) is 4.03. The Morgan fingerprint density at radius 3 is 2.61 bits per heavy atom. The van der Waals surface area contributed by atoms with Crippen LogP contribution >= 0.6 is 27.5 Å². The number of hydrogen-bond donors (Lipinski definition) is 1. The maximum Gasteiger partial charge on any atom is 0.0420 e. The molecule has 0 fully saturated rings. The van der Waals surface area contributed by atoms with Crippen LogP contribution in [-0.2, 0) is 6.42 Å². The fourth-order valence-electron chi connectivity index (χ4n) is 1.92. The Labute approximate surface area is 121 Å². The molecule has 0 radical (unpaired) electrons.